The second-order valence-electron chi connectivity index (χ2n) is 4.15. The summed E-state index contributed by atoms with van der Waals surface area (Å²) in [5, 5.41) is 0. The Balaban J connectivity index is 2.35. The van der Waals surface area contributed by atoms with Crippen molar-refractivity contribution >= 4 is 17.8 Å². The molecule has 1 aromatic rings. The topological polar surface area (TPSA) is 93.7 Å². The summed E-state index contributed by atoms with van der Waals surface area (Å²) < 4.78 is 9.63. The number of hydrogen-bond acceptors (Lipinski definition) is 5. The van der Waals surface area contributed by atoms with Crippen molar-refractivity contribution in [2.75, 3.05) is 13.7 Å². The Hall–Kier alpha value is -2.83. The number of ether oxygens (including phenoxy) is 2. The maximum atomic E-state index is 11.6. The number of hydrazine groups is 1. The predicted octanol–water partition coefficient (Wildman–Crippen LogP) is 0.504. The van der Waals surface area contributed by atoms with Crippen LogP contribution in [0.15, 0.2) is 36.4 Å². The molecule has 1 rings (SSSR count). The molecule has 22 heavy (non-hydrogen) atoms. The van der Waals surface area contributed by atoms with Crippen molar-refractivity contribution in [1.29, 1.82) is 0 Å². The van der Waals surface area contributed by atoms with Gasteiger partial charge in [-0.2, -0.15) is 0 Å². The molecule has 7 heteroatoms. The minimum absolute atomic E-state index is 0.103. The van der Waals surface area contributed by atoms with E-state index >= 15 is 0 Å². The fourth-order valence-corrected chi connectivity index (χ4v) is 1.48. The molecule has 2 N–H and O–H groups in total. The molecule has 0 saturated heterocycles. The van der Waals surface area contributed by atoms with Gasteiger partial charge in [0.2, 0.25) is 5.91 Å². The second kappa shape index (κ2) is 9.17. The molecule has 0 radical (unpaired) electrons. The normalized spacial score (nSPS) is 10.1. The van der Waals surface area contributed by atoms with Crippen LogP contribution in [0.4, 0.5) is 0 Å². The summed E-state index contributed by atoms with van der Waals surface area (Å²) in [7, 11) is 1.56. The van der Waals surface area contributed by atoms with Crippen LogP contribution in [0.1, 0.15) is 12.5 Å². The molecule has 118 valence electrons. The minimum Gasteiger partial charge on any atom is -0.497 e. The molecular formula is C15H18N2O5. The lowest BCUT2D eigenvalue weighted by Crippen LogP contribution is -2.41. The number of methoxy groups -OCH3 is 1. The van der Waals surface area contributed by atoms with Gasteiger partial charge in [0.1, 0.15) is 5.75 Å². The molecule has 0 aliphatic heterocycles. The van der Waals surface area contributed by atoms with E-state index in [0.717, 1.165) is 17.7 Å². The highest BCUT2D eigenvalue weighted by molar-refractivity contribution is 5.95. The van der Waals surface area contributed by atoms with Gasteiger partial charge in [0.05, 0.1) is 20.1 Å². The number of hydrogen-bond donors (Lipinski definition) is 2. The third-order valence-corrected chi connectivity index (χ3v) is 2.51. The molecular weight excluding hydrogens is 288 g/mol. The first-order chi connectivity index (χ1) is 10.5. The summed E-state index contributed by atoms with van der Waals surface area (Å²) in [6, 6.07) is 6.98. The maximum Gasteiger partial charge on any atom is 0.330 e. The van der Waals surface area contributed by atoms with Crippen LogP contribution in [0.5, 0.6) is 5.75 Å². The summed E-state index contributed by atoms with van der Waals surface area (Å²) in [5.74, 6) is -0.942. The summed E-state index contributed by atoms with van der Waals surface area (Å²) in [6.07, 6.45) is 2.06. The molecule has 0 aliphatic carbocycles. The fourth-order valence-electron chi connectivity index (χ4n) is 1.48. The van der Waals surface area contributed by atoms with Crippen LogP contribution < -0.4 is 15.6 Å². The van der Waals surface area contributed by atoms with Gasteiger partial charge in [0.15, 0.2) is 0 Å². The van der Waals surface area contributed by atoms with Crippen molar-refractivity contribution in [2.45, 2.75) is 13.3 Å². The van der Waals surface area contributed by atoms with Crippen LogP contribution in [0.2, 0.25) is 0 Å². The molecule has 0 aliphatic rings. The van der Waals surface area contributed by atoms with Crippen LogP contribution in [0.3, 0.4) is 0 Å². The average molecular weight is 306 g/mol. The van der Waals surface area contributed by atoms with Gasteiger partial charge in [0, 0.05) is 12.2 Å². The third-order valence-electron chi connectivity index (χ3n) is 2.51. The highest BCUT2D eigenvalue weighted by atomic mass is 16.5. The van der Waals surface area contributed by atoms with E-state index in [1.807, 2.05) is 0 Å². The van der Waals surface area contributed by atoms with Crippen LogP contribution in [0, 0.1) is 0 Å². The molecule has 0 heterocycles. The lowest BCUT2D eigenvalue weighted by Gasteiger charge is -2.06. The van der Waals surface area contributed by atoms with Crippen molar-refractivity contribution in [3.05, 3.63) is 42.0 Å². The molecule has 0 aromatic heterocycles. The van der Waals surface area contributed by atoms with E-state index in [1.54, 1.807) is 38.3 Å². The number of carbonyl (C=O) groups is 3. The molecule has 0 spiro atoms. The number of nitrogens with one attached hydrogen (secondary N) is 2. The van der Waals surface area contributed by atoms with Crippen molar-refractivity contribution in [1.82, 2.24) is 10.9 Å². The van der Waals surface area contributed by atoms with Gasteiger partial charge in [-0.1, -0.05) is 12.1 Å². The van der Waals surface area contributed by atoms with E-state index in [1.165, 1.54) is 0 Å². The highest BCUT2D eigenvalue weighted by Gasteiger charge is 2.05. The number of carbonyl (C=O) groups excluding carboxylic acids is 3. The van der Waals surface area contributed by atoms with Crippen LogP contribution >= 0.6 is 0 Å². The second-order valence-corrected chi connectivity index (χ2v) is 4.15. The van der Waals surface area contributed by atoms with Gasteiger partial charge in [-0.3, -0.25) is 20.4 Å². The van der Waals surface area contributed by atoms with Crippen LogP contribution in [-0.2, 0) is 25.5 Å². The summed E-state index contributed by atoms with van der Waals surface area (Å²) >= 11 is 0. The fraction of sp³-hybridized carbons (Fsp3) is 0.267. The largest absolute Gasteiger partial charge is 0.497 e. The van der Waals surface area contributed by atoms with Gasteiger partial charge in [0.25, 0.3) is 5.91 Å². The molecule has 0 bridgehead atoms. The smallest absolute Gasteiger partial charge is 0.330 e. The first kappa shape index (κ1) is 17.2. The SMILES string of the molecule is CCOC(=O)C=CC(=O)NNC(=O)Cc1ccc(OC)cc1. The number of esters is 1. The maximum absolute atomic E-state index is 11.6. The standard InChI is InChI=1S/C15H18N2O5/c1-3-22-15(20)9-8-13(18)16-17-14(19)10-11-4-6-12(21-2)7-5-11/h4-9H,3,10H2,1-2H3,(H,16,18)(H,17,19). The zero-order valence-corrected chi connectivity index (χ0v) is 12.4. The van der Waals surface area contributed by atoms with Gasteiger partial charge in [-0.15, -0.1) is 0 Å². The van der Waals surface area contributed by atoms with E-state index in [9.17, 15) is 14.4 Å². The Morgan fingerprint density at radius 1 is 1.09 bits per heavy atom. The van der Waals surface area contributed by atoms with E-state index in [-0.39, 0.29) is 18.9 Å². The molecule has 0 unspecified atom stereocenters. The first-order valence-electron chi connectivity index (χ1n) is 6.61. The quantitative estimate of drug-likeness (QED) is 0.453. The third kappa shape index (κ3) is 6.56. The van der Waals surface area contributed by atoms with Gasteiger partial charge in [-0.05, 0) is 24.6 Å². The molecule has 0 fully saturated rings. The lowest BCUT2D eigenvalue weighted by molar-refractivity contribution is -0.137. The van der Waals surface area contributed by atoms with Crippen LogP contribution in [0.25, 0.3) is 0 Å². The minimum atomic E-state index is -0.629. The zero-order chi connectivity index (χ0) is 16.4. The van der Waals surface area contributed by atoms with Crippen LogP contribution in [-0.4, -0.2) is 31.5 Å². The number of amides is 2. The number of benzene rings is 1. The van der Waals surface area contributed by atoms with Crippen molar-refractivity contribution in [2.24, 2.45) is 0 Å². The van der Waals surface area contributed by atoms with E-state index in [4.69, 9.17) is 4.74 Å². The molecule has 7 nitrogen and oxygen atoms in total. The summed E-state index contributed by atoms with van der Waals surface area (Å²) in [4.78, 5) is 34.0. The zero-order valence-electron chi connectivity index (χ0n) is 12.4. The Morgan fingerprint density at radius 3 is 2.36 bits per heavy atom. The van der Waals surface area contributed by atoms with Gasteiger partial charge < -0.3 is 9.47 Å². The first-order valence-corrected chi connectivity index (χ1v) is 6.61. The Kier molecular flexibility index (Phi) is 7.18. The summed E-state index contributed by atoms with van der Waals surface area (Å²) in [5.41, 5.74) is 5.18. The Bertz CT molecular complexity index is 552. The van der Waals surface area contributed by atoms with E-state index in [2.05, 4.69) is 15.6 Å². The monoisotopic (exact) mass is 306 g/mol. The van der Waals surface area contributed by atoms with Crippen molar-refractivity contribution in [3.63, 3.8) is 0 Å². The molecule has 0 saturated carbocycles. The number of rotatable bonds is 6. The van der Waals surface area contributed by atoms with Gasteiger partial charge in [-0.25, -0.2) is 4.79 Å². The Labute approximate surface area is 128 Å². The summed E-state index contributed by atoms with van der Waals surface area (Å²) in [6.45, 7) is 1.88. The van der Waals surface area contributed by atoms with Gasteiger partial charge >= 0.3 is 5.97 Å². The highest BCUT2D eigenvalue weighted by Crippen LogP contribution is 2.11. The predicted molar refractivity (Wildman–Crippen MR) is 78.8 cm³/mol. The molecule has 0 atom stereocenters. The van der Waals surface area contributed by atoms with Crippen molar-refractivity contribution in [3.8, 4) is 5.75 Å². The lowest BCUT2D eigenvalue weighted by atomic mass is 10.1. The van der Waals surface area contributed by atoms with Crippen molar-refractivity contribution < 1.29 is 23.9 Å². The van der Waals surface area contributed by atoms with E-state index < -0.39 is 11.9 Å². The average Bonchev–Trinajstić information content (AvgIpc) is 2.52. The Morgan fingerprint density at radius 2 is 1.77 bits per heavy atom. The van der Waals surface area contributed by atoms with E-state index in [0.29, 0.717) is 5.75 Å². The molecule has 2 amide bonds. The molecule has 1 aromatic carbocycles.